The standard InChI is InChI=1S/C15H18BrClN4/c1-3-7-18-14-9-15(21-13(4-2)20-14)19-12-8-10(16)5-6-11(12)17/h5-6,8-9H,3-4,7H2,1-2H3,(H2,18,19,20,21). The summed E-state index contributed by atoms with van der Waals surface area (Å²) in [4.78, 5) is 8.96. The summed E-state index contributed by atoms with van der Waals surface area (Å²) in [5.74, 6) is 2.36. The lowest BCUT2D eigenvalue weighted by Crippen LogP contribution is -2.07. The SMILES string of the molecule is CCCNc1cc(Nc2cc(Br)ccc2Cl)nc(CC)n1. The van der Waals surface area contributed by atoms with Gasteiger partial charge in [-0.25, -0.2) is 9.97 Å². The van der Waals surface area contributed by atoms with E-state index in [4.69, 9.17) is 11.6 Å². The van der Waals surface area contributed by atoms with Crippen molar-refractivity contribution < 1.29 is 0 Å². The number of nitrogens with one attached hydrogen (secondary N) is 2. The Balaban J connectivity index is 2.27. The quantitative estimate of drug-likeness (QED) is 0.750. The summed E-state index contributed by atoms with van der Waals surface area (Å²) in [6, 6.07) is 7.56. The number of anilines is 3. The van der Waals surface area contributed by atoms with Crippen molar-refractivity contribution in [2.24, 2.45) is 0 Å². The van der Waals surface area contributed by atoms with E-state index in [2.05, 4.69) is 43.5 Å². The number of benzene rings is 1. The molecule has 0 fully saturated rings. The van der Waals surface area contributed by atoms with Gasteiger partial charge >= 0.3 is 0 Å². The van der Waals surface area contributed by atoms with Crippen molar-refractivity contribution in [3.8, 4) is 0 Å². The van der Waals surface area contributed by atoms with Gasteiger partial charge in [-0.05, 0) is 24.6 Å². The molecule has 0 aliphatic heterocycles. The molecule has 21 heavy (non-hydrogen) atoms. The highest BCUT2D eigenvalue weighted by molar-refractivity contribution is 9.10. The van der Waals surface area contributed by atoms with E-state index in [1.54, 1.807) is 0 Å². The van der Waals surface area contributed by atoms with E-state index in [-0.39, 0.29) is 0 Å². The minimum atomic E-state index is 0.651. The van der Waals surface area contributed by atoms with Gasteiger partial charge in [0.25, 0.3) is 0 Å². The van der Waals surface area contributed by atoms with Crippen LogP contribution < -0.4 is 10.6 Å². The van der Waals surface area contributed by atoms with E-state index in [1.807, 2.05) is 31.2 Å². The molecule has 2 N–H and O–H groups in total. The molecule has 6 heteroatoms. The van der Waals surface area contributed by atoms with Crippen LogP contribution in [0, 0.1) is 0 Å². The Bertz CT molecular complexity index is 619. The van der Waals surface area contributed by atoms with Gasteiger partial charge in [0.1, 0.15) is 17.5 Å². The zero-order chi connectivity index (χ0) is 15.2. The van der Waals surface area contributed by atoms with Gasteiger partial charge in [-0.3, -0.25) is 0 Å². The number of aromatic nitrogens is 2. The van der Waals surface area contributed by atoms with E-state index in [0.717, 1.165) is 47.0 Å². The van der Waals surface area contributed by atoms with Gasteiger partial charge in [-0.1, -0.05) is 41.4 Å². The second-order valence-corrected chi connectivity index (χ2v) is 5.91. The highest BCUT2D eigenvalue weighted by atomic mass is 79.9. The lowest BCUT2D eigenvalue weighted by molar-refractivity contribution is 0.919. The minimum absolute atomic E-state index is 0.651. The molecule has 2 aromatic rings. The first kappa shape index (κ1) is 16.0. The Kier molecular flexibility index (Phi) is 5.82. The molecule has 0 spiro atoms. The summed E-state index contributed by atoms with van der Waals surface area (Å²) in [7, 11) is 0. The molecular weight excluding hydrogens is 352 g/mol. The van der Waals surface area contributed by atoms with E-state index in [1.165, 1.54) is 0 Å². The van der Waals surface area contributed by atoms with Gasteiger partial charge in [0, 0.05) is 23.5 Å². The van der Waals surface area contributed by atoms with Crippen molar-refractivity contribution in [1.82, 2.24) is 9.97 Å². The maximum absolute atomic E-state index is 6.20. The Hall–Kier alpha value is -1.33. The number of hydrogen-bond acceptors (Lipinski definition) is 4. The Morgan fingerprint density at radius 3 is 2.62 bits per heavy atom. The number of aryl methyl sites for hydroxylation is 1. The monoisotopic (exact) mass is 368 g/mol. The summed E-state index contributed by atoms with van der Waals surface area (Å²) in [5, 5.41) is 7.19. The van der Waals surface area contributed by atoms with Crippen LogP contribution in [0.1, 0.15) is 26.1 Å². The molecule has 2 rings (SSSR count). The second kappa shape index (κ2) is 7.61. The summed E-state index contributed by atoms with van der Waals surface area (Å²) >= 11 is 9.64. The summed E-state index contributed by atoms with van der Waals surface area (Å²) in [6.07, 6.45) is 1.83. The fourth-order valence-corrected chi connectivity index (χ4v) is 2.32. The lowest BCUT2D eigenvalue weighted by atomic mass is 10.3. The minimum Gasteiger partial charge on any atom is -0.370 e. The molecule has 0 aliphatic carbocycles. The second-order valence-electron chi connectivity index (χ2n) is 4.58. The zero-order valence-electron chi connectivity index (χ0n) is 12.1. The molecule has 0 aliphatic rings. The van der Waals surface area contributed by atoms with Crippen molar-refractivity contribution in [2.75, 3.05) is 17.2 Å². The van der Waals surface area contributed by atoms with Crippen molar-refractivity contribution >= 4 is 44.9 Å². The van der Waals surface area contributed by atoms with E-state index >= 15 is 0 Å². The largest absolute Gasteiger partial charge is 0.370 e. The van der Waals surface area contributed by atoms with Crippen LogP contribution in [0.4, 0.5) is 17.3 Å². The van der Waals surface area contributed by atoms with Crippen LogP contribution in [0.2, 0.25) is 5.02 Å². The molecule has 1 aromatic heterocycles. The predicted octanol–water partition coefficient (Wildman–Crippen LogP) is 5.02. The van der Waals surface area contributed by atoms with Gasteiger partial charge in [0.2, 0.25) is 0 Å². The van der Waals surface area contributed by atoms with Crippen LogP contribution in [0.3, 0.4) is 0 Å². The third-order valence-electron chi connectivity index (χ3n) is 2.84. The van der Waals surface area contributed by atoms with Crippen molar-refractivity contribution in [3.05, 3.63) is 39.6 Å². The van der Waals surface area contributed by atoms with Crippen LogP contribution in [-0.2, 0) is 6.42 Å². The molecular formula is C15H18BrClN4. The van der Waals surface area contributed by atoms with Crippen LogP contribution in [-0.4, -0.2) is 16.5 Å². The molecule has 0 atom stereocenters. The average molecular weight is 370 g/mol. The molecule has 0 saturated heterocycles. The first-order chi connectivity index (χ1) is 10.1. The summed E-state index contributed by atoms with van der Waals surface area (Å²) in [6.45, 7) is 5.04. The summed E-state index contributed by atoms with van der Waals surface area (Å²) in [5.41, 5.74) is 0.813. The van der Waals surface area contributed by atoms with Gasteiger partial charge in [-0.2, -0.15) is 0 Å². The fourth-order valence-electron chi connectivity index (χ4n) is 1.79. The van der Waals surface area contributed by atoms with Crippen molar-refractivity contribution in [3.63, 3.8) is 0 Å². The average Bonchev–Trinajstić information content (AvgIpc) is 2.48. The molecule has 1 aromatic carbocycles. The fraction of sp³-hybridized carbons (Fsp3) is 0.333. The normalized spacial score (nSPS) is 10.5. The Morgan fingerprint density at radius 2 is 1.90 bits per heavy atom. The van der Waals surface area contributed by atoms with Crippen molar-refractivity contribution in [1.29, 1.82) is 0 Å². The molecule has 0 saturated carbocycles. The molecule has 0 bridgehead atoms. The van der Waals surface area contributed by atoms with Crippen LogP contribution in [0.15, 0.2) is 28.7 Å². The van der Waals surface area contributed by atoms with Gasteiger partial charge in [-0.15, -0.1) is 0 Å². The summed E-state index contributed by atoms with van der Waals surface area (Å²) < 4.78 is 0.962. The molecule has 1 heterocycles. The highest BCUT2D eigenvalue weighted by Gasteiger charge is 2.06. The van der Waals surface area contributed by atoms with Gasteiger partial charge < -0.3 is 10.6 Å². The van der Waals surface area contributed by atoms with Crippen molar-refractivity contribution in [2.45, 2.75) is 26.7 Å². The first-order valence-electron chi connectivity index (χ1n) is 6.96. The molecule has 0 unspecified atom stereocenters. The zero-order valence-corrected chi connectivity index (χ0v) is 14.4. The molecule has 0 radical (unpaired) electrons. The van der Waals surface area contributed by atoms with Crippen LogP contribution in [0.25, 0.3) is 0 Å². The Labute approximate surface area is 138 Å². The maximum atomic E-state index is 6.20. The smallest absolute Gasteiger partial charge is 0.136 e. The number of hydrogen-bond donors (Lipinski definition) is 2. The maximum Gasteiger partial charge on any atom is 0.136 e. The van der Waals surface area contributed by atoms with Crippen LogP contribution >= 0.6 is 27.5 Å². The molecule has 4 nitrogen and oxygen atoms in total. The van der Waals surface area contributed by atoms with E-state index in [9.17, 15) is 0 Å². The van der Waals surface area contributed by atoms with Gasteiger partial charge in [0.05, 0.1) is 10.7 Å². The van der Waals surface area contributed by atoms with E-state index in [0.29, 0.717) is 5.02 Å². The van der Waals surface area contributed by atoms with E-state index < -0.39 is 0 Å². The highest BCUT2D eigenvalue weighted by Crippen LogP contribution is 2.28. The third kappa shape index (κ3) is 4.58. The predicted molar refractivity (Wildman–Crippen MR) is 92.6 cm³/mol. The topological polar surface area (TPSA) is 49.8 Å². The molecule has 0 amide bonds. The molecule has 112 valence electrons. The lowest BCUT2D eigenvalue weighted by Gasteiger charge is -2.11. The third-order valence-corrected chi connectivity index (χ3v) is 3.66. The van der Waals surface area contributed by atoms with Gasteiger partial charge in [0.15, 0.2) is 0 Å². The number of nitrogens with zero attached hydrogens (tertiary/aromatic N) is 2. The number of halogens is 2. The Morgan fingerprint density at radius 1 is 1.14 bits per heavy atom. The van der Waals surface area contributed by atoms with Crippen LogP contribution in [0.5, 0.6) is 0 Å². The number of rotatable bonds is 6. The first-order valence-corrected chi connectivity index (χ1v) is 8.13.